The summed E-state index contributed by atoms with van der Waals surface area (Å²) in [5.41, 5.74) is 5.00. The molecule has 1 aromatic heterocycles. The molecule has 5 heteroatoms. The van der Waals surface area contributed by atoms with Crippen LogP contribution in [0.4, 0.5) is 5.69 Å². The van der Waals surface area contributed by atoms with Gasteiger partial charge < -0.3 is 10.3 Å². The largest absolute Gasteiger partial charge is 0.384 e. The van der Waals surface area contributed by atoms with Crippen molar-refractivity contribution in [3.8, 4) is 0 Å². The molecule has 0 aliphatic carbocycles. The Kier molecular flexibility index (Phi) is 3.41. The Balaban J connectivity index is 0.000000640. The fourth-order valence-electron chi connectivity index (χ4n) is 2.10. The smallest absolute Gasteiger partial charge is 0.0931 e. The van der Waals surface area contributed by atoms with Crippen molar-refractivity contribution in [2.75, 3.05) is 11.9 Å². The van der Waals surface area contributed by atoms with Crippen molar-refractivity contribution < 1.29 is 0 Å². The Bertz CT molecular complexity index is 505. The molecule has 88 valence electrons. The molecule has 0 atom stereocenters. The summed E-state index contributed by atoms with van der Waals surface area (Å²) >= 11 is 0. The van der Waals surface area contributed by atoms with Crippen LogP contribution in [0, 0.1) is 0 Å². The number of rotatable bonds is 0. The summed E-state index contributed by atoms with van der Waals surface area (Å²) in [6, 6.07) is 4.33. The summed E-state index contributed by atoms with van der Waals surface area (Å²) in [7, 11) is 0. The Morgan fingerprint density at radius 3 is 2.75 bits per heavy atom. The monoisotopic (exact) mass is 259 g/mol. The van der Waals surface area contributed by atoms with Gasteiger partial charge in [-0.15, -0.1) is 24.8 Å². The van der Waals surface area contributed by atoms with Gasteiger partial charge >= 0.3 is 0 Å². The molecular formula is C11H15Cl2N3. The van der Waals surface area contributed by atoms with Crippen molar-refractivity contribution in [1.29, 1.82) is 0 Å². The zero-order valence-corrected chi connectivity index (χ0v) is 10.8. The molecule has 0 spiro atoms. The number of halogens is 2. The van der Waals surface area contributed by atoms with Crippen LogP contribution in [0.1, 0.15) is 19.4 Å². The van der Waals surface area contributed by atoms with Gasteiger partial charge in [0, 0.05) is 17.6 Å². The highest BCUT2D eigenvalue weighted by atomic mass is 35.5. The summed E-state index contributed by atoms with van der Waals surface area (Å²) in [5.74, 6) is 0. The molecule has 16 heavy (non-hydrogen) atoms. The molecule has 0 fully saturated rings. The minimum absolute atomic E-state index is 0. The van der Waals surface area contributed by atoms with Gasteiger partial charge in [0.2, 0.25) is 0 Å². The summed E-state index contributed by atoms with van der Waals surface area (Å²) in [6.07, 6.45) is 1.74. The molecule has 0 radical (unpaired) electrons. The van der Waals surface area contributed by atoms with E-state index in [-0.39, 0.29) is 30.2 Å². The van der Waals surface area contributed by atoms with Crippen LogP contribution in [0.5, 0.6) is 0 Å². The minimum atomic E-state index is 0. The number of nitrogens with zero attached hydrogens (tertiary/aromatic N) is 1. The lowest BCUT2D eigenvalue weighted by Gasteiger charge is -2.16. The maximum atomic E-state index is 4.28. The number of aromatic nitrogens is 2. The van der Waals surface area contributed by atoms with Gasteiger partial charge in [0.1, 0.15) is 0 Å². The van der Waals surface area contributed by atoms with Crippen LogP contribution in [-0.4, -0.2) is 16.5 Å². The molecule has 2 N–H and O–H groups in total. The molecule has 0 unspecified atom stereocenters. The number of anilines is 1. The van der Waals surface area contributed by atoms with Crippen LogP contribution < -0.4 is 5.32 Å². The number of fused-ring (bicyclic) bond motifs is 2. The maximum Gasteiger partial charge on any atom is 0.0931 e. The second kappa shape index (κ2) is 4.15. The van der Waals surface area contributed by atoms with Crippen LogP contribution in [-0.2, 0) is 5.41 Å². The highest BCUT2D eigenvalue weighted by Crippen LogP contribution is 2.37. The van der Waals surface area contributed by atoms with Gasteiger partial charge in [-0.05, 0) is 17.7 Å². The third-order valence-corrected chi connectivity index (χ3v) is 3.01. The number of imidazole rings is 1. The molecule has 2 heterocycles. The lowest BCUT2D eigenvalue weighted by molar-refractivity contribution is 0.586. The van der Waals surface area contributed by atoms with Crippen molar-refractivity contribution in [3.05, 3.63) is 24.0 Å². The number of H-pyrrole nitrogens is 1. The molecule has 0 amide bonds. The first-order valence-electron chi connectivity index (χ1n) is 4.88. The van der Waals surface area contributed by atoms with Crippen LogP contribution in [0.15, 0.2) is 18.5 Å². The third kappa shape index (κ3) is 1.74. The molecule has 3 nitrogen and oxygen atoms in total. The topological polar surface area (TPSA) is 40.7 Å². The van der Waals surface area contributed by atoms with E-state index < -0.39 is 0 Å². The predicted molar refractivity (Wildman–Crippen MR) is 72.1 cm³/mol. The van der Waals surface area contributed by atoms with Gasteiger partial charge in [0.05, 0.1) is 17.4 Å². The van der Waals surface area contributed by atoms with E-state index in [9.17, 15) is 0 Å². The normalized spacial score (nSPS) is 15.9. The first kappa shape index (κ1) is 13.1. The van der Waals surface area contributed by atoms with Crippen molar-refractivity contribution >= 4 is 41.5 Å². The first-order valence-corrected chi connectivity index (χ1v) is 4.88. The van der Waals surface area contributed by atoms with Crippen molar-refractivity contribution in [2.45, 2.75) is 19.3 Å². The van der Waals surface area contributed by atoms with E-state index in [1.165, 1.54) is 11.3 Å². The number of aromatic amines is 1. The van der Waals surface area contributed by atoms with Gasteiger partial charge in [0.25, 0.3) is 0 Å². The van der Waals surface area contributed by atoms with Crippen molar-refractivity contribution in [2.24, 2.45) is 0 Å². The van der Waals surface area contributed by atoms with E-state index in [2.05, 4.69) is 41.3 Å². The Labute approximate surface area is 107 Å². The zero-order chi connectivity index (χ0) is 9.76. The highest BCUT2D eigenvalue weighted by Gasteiger charge is 2.29. The second-order valence-electron chi connectivity index (χ2n) is 4.55. The standard InChI is InChI=1S/C11H13N3.2ClH/c1-11(2)5-12-8-4-10-9(3-7(8)11)13-6-14-10;;/h3-4,6,12H,5H2,1-2H3,(H,13,14);2*1H. The molecule has 0 saturated heterocycles. The van der Waals surface area contributed by atoms with E-state index in [4.69, 9.17) is 0 Å². The molecule has 3 rings (SSSR count). The highest BCUT2D eigenvalue weighted by molar-refractivity contribution is 5.85. The van der Waals surface area contributed by atoms with E-state index >= 15 is 0 Å². The number of hydrogen-bond donors (Lipinski definition) is 2. The van der Waals surface area contributed by atoms with Gasteiger partial charge in [-0.3, -0.25) is 0 Å². The first-order chi connectivity index (χ1) is 6.67. The predicted octanol–water partition coefficient (Wildman–Crippen LogP) is 3.11. The maximum absolute atomic E-state index is 4.28. The average Bonchev–Trinajstić information content (AvgIpc) is 2.69. The van der Waals surface area contributed by atoms with Crippen molar-refractivity contribution in [1.82, 2.24) is 9.97 Å². The molecule has 0 saturated carbocycles. The molecule has 0 bridgehead atoms. The average molecular weight is 260 g/mol. The van der Waals surface area contributed by atoms with E-state index in [1.807, 2.05) is 0 Å². The van der Waals surface area contributed by atoms with Crippen LogP contribution in [0.3, 0.4) is 0 Å². The molecule has 2 aromatic rings. The fourth-order valence-corrected chi connectivity index (χ4v) is 2.10. The molecule has 1 aliphatic rings. The Morgan fingerprint density at radius 1 is 1.25 bits per heavy atom. The lowest BCUT2D eigenvalue weighted by Crippen LogP contribution is -2.18. The summed E-state index contributed by atoms with van der Waals surface area (Å²) in [5, 5.41) is 3.42. The Hall–Kier alpha value is -0.930. The number of nitrogens with one attached hydrogen (secondary N) is 2. The van der Waals surface area contributed by atoms with E-state index in [0.717, 1.165) is 17.6 Å². The van der Waals surface area contributed by atoms with Gasteiger partial charge in [0.15, 0.2) is 0 Å². The quantitative estimate of drug-likeness (QED) is 0.764. The summed E-state index contributed by atoms with van der Waals surface area (Å²) < 4.78 is 0. The summed E-state index contributed by atoms with van der Waals surface area (Å²) in [6.45, 7) is 5.52. The lowest BCUT2D eigenvalue weighted by atomic mass is 9.87. The SMILES string of the molecule is CC1(C)CNc2cc3[nH]cnc3cc21.Cl.Cl. The number of benzene rings is 1. The van der Waals surface area contributed by atoms with E-state index in [0.29, 0.717) is 0 Å². The third-order valence-electron chi connectivity index (χ3n) is 3.01. The van der Waals surface area contributed by atoms with Crippen LogP contribution >= 0.6 is 24.8 Å². The zero-order valence-electron chi connectivity index (χ0n) is 9.20. The molecule has 1 aliphatic heterocycles. The fraction of sp³-hybridized carbons (Fsp3) is 0.364. The second-order valence-corrected chi connectivity index (χ2v) is 4.55. The van der Waals surface area contributed by atoms with Crippen molar-refractivity contribution in [3.63, 3.8) is 0 Å². The molecular weight excluding hydrogens is 245 g/mol. The van der Waals surface area contributed by atoms with Crippen LogP contribution in [0.25, 0.3) is 11.0 Å². The van der Waals surface area contributed by atoms with Crippen LogP contribution in [0.2, 0.25) is 0 Å². The number of hydrogen-bond acceptors (Lipinski definition) is 2. The molecule has 1 aromatic carbocycles. The Morgan fingerprint density at radius 2 is 2.00 bits per heavy atom. The van der Waals surface area contributed by atoms with Gasteiger partial charge in [-0.2, -0.15) is 0 Å². The van der Waals surface area contributed by atoms with E-state index in [1.54, 1.807) is 6.33 Å². The minimum Gasteiger partial charge on any atom is -0.384 e. The summed E-state index contributed by atoms with van der Waals surface area (Å²) in [4.78, 5) is 7.40. The van der Waals surface area contributed by atoms with Gasteiger partial charge in [-0.25, -0.2) is 4.98 Å². The van der Waals surface area contributed by atoms with Gasteiger partial charge in [-0.1, -0.05) is 13.8 Å².